The van der Waals surface area contributed by atoms with Crippen LogP contribution < -0.4 is 10.6 Å². The lowest BCUT2D eigenvalue weighted by molar-refractivity contribution is -0.152. The molecule has 1 aliphatic heterocycles. The molecule has 7 heteroatoms. The number of fused-ring (bicyclic) bond motifs is 1. The van der Waals surface area contributed by atoms with Gasteiger partial charge in [-0.15, -0.1) is 0 Å². The third kappa shape index (κ3) is 2.84. The van der Waals surface area contributed by atoms with E-state index in [1.165, 1.54) is 19.3 Å². The third-order valence-corrected chi connectivity index (χ3v) is 4.14. The highest BCUT2D eigenvalue weighted by atomic mass is 16.5. The zero-order valence-corrected chi connectivity index (χ0v) is 13.8. The molecule has 1 aromatic carbocycles. The second-order valence-corrected chi connectivity index (χ2v) is 5.75. The zero-order chi connectivity index (χ0) is 18.0. The van der Waals surface area contributed by atoms with Gasteiger partial charge in [0.15, 0.2) is 5.41 Å². The van der Waals surface area contributed by atoms with Crippen molar-refractivity contribution >= 4 is 29.2 Å². The van der Waals surface area contributed by atoms with Gasteiger partial charge in [0.1, 0.15) is 0 Å². The smallest absolute Gasteiger partial charge is 0.326 e. The summed E-state index contributed by atoms with van der Waals surface area (Å²) in [6.45, 7) is 3.41. The van der Waals surface area contributed by atoms with Crippen LogP contribution in [-0.2, 0) is 19.7 Å². The molecule has 1 aromatic heterocycles. The predicted molar refractivity (Wildman–Crippen MR) is 91.2 cm³/mol. The van der Waals surface area contributed by atoms with Crippen molar-refractivity contribution < 1.29 is 19.1 Å². The number of aromatic nitrogens is 1. The Bertz CT molecular complexity index is 851. The Balaban J connectivity index is 1.87. The van der Waals surface area contributed by atoms with Crippen LogP contribution in [0.4, 0.5) is 11.4 Å². The Morgan fingerprint density at radius 1 is 1.24 bits per heavy atom. The maximum absolute atomic E-state index is 12.3. The number of benzene rings is 1. The molecular formula is C18H17N3O4. The molecule has 0 radical (unpaired) electrons. The summed E-state index contributed by atoms with van der Waals surface area (Å²) >= 11 is 0. The number of ether oxygens (including phenoxy) is 1. The molecule has 1 aliphatic rings. The van der Waals surface area contributed by atoms with Gasteiger partial charge in [0.05, 0.1) is 6.61 Å². The number of amides is 2. The van der Waals surface area contributed by atoms with Gasteiger partial charge in [-0.3, -0.25) is 19.4 Å². The second kappa shape index (κ2) is 6.35. The van der Waals surface area contributed by atoms with Gasteiger partial charge < -0.3 is 15.4 Å². The van der Waals surface area contributed by atoms with E-state index in [1.54, 1.807) is 37.3 Å². The molecule has 2 amide bonds. The minimum atomic E-state index is -1.39. The van der Waals surface area contributed by atoms with Gasteiger partial charge in [0, 0.05) is 34.9 Å². The molecule has 0 saturated heterocycles. The molecule has 2 aromatic rings. The van der Waals surface area contributed by atoms with Crippen LogP contribution in [0, 0.1) is 0 Å². The highest BCUT2D eigenvalue weighted by Crippen LogP contribution is 2.40. The van der Waals surface area contributed by atoms with Crippen LogP contribution in [0.2, 0.25) is 0 Å². The summed E-state index contributed by atoms with van der Waals surface area (Å²) in [6.07, 6.45) is 3.06. The van der Waals surface area contributed by atoms with E-state index in [2.05, 4.69) is 15.6 Å². The largest absolute Gasteiger partial charge is 0.465 e. The maximum Gasteiger partial charge on any atom is 0.326 e. The number of hydrogen-bond acceptors (Lipinski definition) is 5. The highest BCUT2D eigenvalue weighted by molar-refractivity contribution is 6.19. The number of pyridine rings is 1. The predicted octanol–water partition coefficient (Wildman–Crippen LogP) is 2.11. The van der Waals surface area contributed by atoms with Crippen LogP contribution in [0.5, 0.6) is 0 Å². The summed E-state index contributed by atoms with van der Waals surface area (Å²) in [7, 11) is 0. The van der Waals surface area contributed by atoms with Gasteiger partial charge in [-0.2, -0.15) is 0 Å². The van der Waals surface area contributed by atoms with Crippen molar-refractivity contribution in [1.82, 2.24) is 4.98 Å². The van der Waals surface area contributed by atoms with E-state index in [4.69, 9.17) is 4.74 Å². The normalized spacial score (nSPS) is 18.2. The van der Waals surface area contributed by atoms with Gasteiger partial charge in [0.2, 0.25) is 5.91 Å². The van der Waals surface area contributed by atoms with E-state index in [0.717, 1.165) is 0 Å². The number of nitrogens with one attached hydrogen (secondary N) is 2. The minimum absolute atomic E-state index is 0.192. The summed E-state index contributed by atoms with van der Waals surface area (Å²) in [4.78, 5) is 40.6. The maximum atomic E-state index is 12.3. The number of hydrogen-bond donors (Lipinski definition) is 2. The summed E-state index contributed by atoms with van der Waals surface area (Å²) < 4.78 is 5.03. The van der Waals surface area contributed by atoms with Crippen LogP contribution in [-0.4, -0.2) is 29.4 Å². The minimum Gasteiger partial charge on any atom is -0.465 e. The Morgan fingerprint density at radius 2 is 1.96 bits per heavy atom. The SMILES string of the molecule is CCOC(=O)C1(C)C(=O)Nc2cc(NC(=O)c3ccncc3)ccc21. The van der Waals surface area contributed by atoms with Gasteiger partial charge in [-0.05, 0) is 38.1 Å². The quantitative estimate of drug-likeness (QED) is 0.657. The van der Waals surface area contributed by atoms with Crippen molar-refractivity contribution in [2.24, 2.45) is 0 Å². The molecular weight excluding hydrogens is 322 g/mol. The Kier molecular flexibility index (Phi) is 4.22. The van der Waals surface area contributed by atoms with Crippen molar-refractivity contribution in [2.75, 3.05) is 17.2 Å². The van der Waals surface area contributed by atoms with Crippen molar-refractivity contribution in [3.8, 4) is 0 Å². The van der Waals surface area contributed by atoms with Crippen LogP contribution in [0.1, 0.15) is 29.8 Å². The number of nitrogens with zero attached hydrogens (tertiary/aromatic N) is 1. The number of carbonyl (C=O) groups excluding carboxylic acids is 3. The Labute approximate surface area is 144 Å². The van der Waals surface area contributed by atoms with Crippen LogP contribution in [0.15, 0.2) is 42.7 Å². The number of carbonyl (C=O) groups is 3. The van der Waals surface area contributed by atoms with E-state index in [1.807, 2.05) is 0 Å². The topological polar surface area (TPSA) is 97.4 Å². The molecule has 7 nitrogen and oxygen atoms in total. The lowest BCUT2D eigenvalue weighted by atomic mass is 9.84. The molecule has 0 saturated carbocycles. The summed E-state index contributed by atoms with van der Waals surface area (Å²) in [5.41, 5.74) is 0.592. The van der Waals surface area contributed by atoms with Crippen molar-refractivity contribution in [2.45, 2.75) is 19.3 Å². The average Bonchev–Trinajstić information content (AvgIpc) is 2.87. The first-order chi connectivity index (χ1) is 12.0. The molecule has 0 spiro atoms. The number of rotatable bonds is 4. The molecule has 0 bridgehead atoms. The first-order valence-electron chi connectivity index (χ1n) is 7.81. The highest BCUT2D eigenvalue weighted by Gasteiger charge is 2.50. The average molecular weight is 339 g/mol. The fourth-order valence-corrected chi connectivity index (χ4v) is 2.72. The fourth-order valence-electron chi connectivity index (χ4n) is 2.72. The number of esters is 1. The molecule has 25 heavy (non-hydrogen) atoms. The Hall–Kier alpha value is -3.22. The van der Waals surface area contributed by atoms with Gasteiger partial charge in [-0.25, -0.2) is 0 Å². The summed E-state index contributed by atoms with van der Waals surface area (Å²) in [5, 5.41) is 5.43. The molecule has 128 valence electrons. The lowest BCUT2D eigenvalue weighted by Gasteiger charge is -2.19. The van der Waals surface area contributed by atoms with E-state index < -0.39 is 17.3 Å². The lowest BCUT2D eigenvalue weighted by Crippen LogP contribution is -2.40. The molecule has 1 atom stereocenters. The molecule has 3 rings (SSSR count). The fraction of sp³-hybridized carbons (Fsp3) is 0.222. The third-order valence-electron chi connectivity index (χ3n) is 4.14. The molecule has 0 fully saturated rings. The van der Waals surface area contributed by atoms with Crippen LogP contribution in [0.3, 0.4) is 0 Å². The van der Waals surface area contributed by atoms with Crippen LogP contribution >= 0.6 is 0 Å². The Morgan fingerprint density at radius 3 is 2.64 bits per heavy atom. The van der Waals surface area contributed by atoms with Crippen LogP contribution in [0.25, 0.3) is 0 Å². The molecule has 2 heterocycles. The van der Waals surface area contributed by atoms with Gasteiger partial charge in [0.25, 0.3) is 5.91 Å². The first kappa shape index (κ1) is 16.6. The van der Waals surface area contributed by atoms with Gasteiger partial charge >= 0.3 is 5.97 Å². The molecule has 1 unspecified atom stereocenters. The zero-order valence-electron chi connectivity index (χ0n) is 13.8. The first-order valence-corrected chi connectivity index (χ1v) is 7.81. The second-order valence-electron chi connectivity index (χ2n) is 5.75. The molecule has 0 aliphatic carbocycles. The van der Waals surface area contributed by atoms with Crippen molar-refractivity contribution in [3.05, 3.63) is 53.9 Å². The summed E-state index contributed by atoms with van der Waals surface area (Å²) in [5.74, 6) is -1.33. The molecule has 2 N–H and O–H groups in total. The standard InChI is InChI=1S/C18H17N3O4/c1-3-25-17(24)18(2)13-5-4-12(10-14(13)21-16(18)23)20-15(22)11-6-8-19-9-7-11/h4-10H,3H2,1-2H3,(H,20,22)(H,21,23). The van der Waals surface area contributed by atoms with Gasteiger partial charge in [-0.1, -0.05) is 6.07 Å². The van der Waals surface area contributed by atoms with Crippen molar-refractivity contribution in [1.29, 1.82) is 0 Å². The van der Waals surface area contributed by atoms with E-state index in [9.17, 15) is 14.4 Å². The van der Waals surface area contributed by atoms with Crippen molar-refractivity contribution in [3.63, 3.8) is 0 Å². The number of anilines is 2. The monoisotopic (exact) mass is 339 g/mol. The summed E-state index contributed by atoms with van der Waals surface area (Å²) in [6, 6.07) is 8.11. The van der Waals surface area contributed by atoms with E-state index in [0.29, 0.717) is 22.5 Å². The van der Waals surface area contributed by atoms with E-state index >= 15 is 0 Å². The van der Waals surface area contributed by atoms with E-state index in [-0.39, 0.29) is 12.5 Å².